The Hall–Kier alpha value is -0.516. The number of aryl methyl sites for hydroxylation is 2. The Kier molecular flexibility index (Phi) is 14.0. The molecule has 0 aliphatic carbocycles. The Morgan fingerprint density at radius 3 is 1.37 bits per heavy atom. The average molecular weight is 510 g/mol. The second-order valence-electron chi connectivity index (χ2n) is 6.31. The lowest BCUT2D eigenvalue weighted by Crippen LogP contribution is -2.46. The lowest BCUT2D eigenvalue weighted by molar-refractivity contribution is 0.0714. The molecule has 168 valence electrons. The van der Waals surface area contributed by atoms with Crippen LogP contribution < -0.4 is 0 Å². The molecule has 5 nitrogen and oxygen atoms in total. The zero-order chi connectivity index (χ0) is 22.3. The lowest BCUT2D eigenvalue weighted by atomic mass is 10.2. The van der Waals surface area contributed by atoms with Crippen LogP contribution in [0.15, 0.2) is 49.1 Å². The number of hydrogen-bond donors (Lipinski definition) is 0. The summed E-state index contributed by atoms with van der Waals surface area (Å²) in [7, 11) is -2.50. The maximum Gasteiger partial charge on any atom is 0.501 e. The van der Waals surface area contributed by atoms with Gasteiger partial charge in [-0.1, -0.05) is 0 Å². The fourth-order valence-corrected chi connectivity index (χ4v) is 6.70. The van der Waals surface area contributed by atoms with Crippen LogP contribution in [0.1, 0.15) is 31.9 Å². The minimum atomic E-state index is -2.50. The smallest absolute Gasteiger partial charge is 0.374 e. The summed E-state index contributed by atoms with van der Waals surface area (Å²) in [5.41, 5.74) is 2.41. The van der Waals surface area contributed by atoms with E-state index in [1.54, 1.807) is 24.8 Å². The molecular formula is C20H31Cl3N2O3Si2. The van der Waals surface area contributed by atoms with Gasteiger partial charge in [-0.05, 0) is 75.0 Å². The van der Waals surface area contributed by atoms with Gasteiger partial charge in [0.15, 0.2) is 0 Å². The summed E-state index contributed by atoms with van der Waals surface area (Å²) in [6, 6.07) is 6.94. The second-order valence-corrected chi connectivity index (χ2v) is 18.3. The van der Waals surface area contributed by atoms with Gasteiger partial charge in [0.05, 0.1) is 0 Å². The number of hydrogen-bond acceptors (Lipinski definition) is 5. The van der Waals surface area contributed by atoms with E-state index in [0.29, 0.717) is 25.9 Å². The van der Waals surface area contributed by atoms with Crippen LogP contribution in [0.2, 0.25) is 12.1 Å². The Balaban J connectivity index is 0.000000325. The van der Waals surface area contributed by atoms with E-state index in [1.165, 1.54) is 11.1 Å². The van der Waals surface area contributed by atoms with Crippen molar-refractivity contribution in [3.8, 4) is 0 Å². The van der Waals surface area contributed by atoms with Gasteiger partial charge in [-0.3, -0.25) is 9.97 Å². The standard InChI is InChI=1S/C13H23NO3Si.C7H8Cl3NSi/c1-4-15-18(16-5-2,17-6-3)12-9-13-7-10-14-11-8-13;8-12(9,10)6-3-7-1-4-11-5-2-7/h7-8,10-11H,4-6,9,12H2,1-3H3;1-2,4-5H,3,6H2. The van der Waals surface area contributed by atoms with Crippen LogP contribution in [0.25, 0.3) is 0 Å². The highest BCUT2D eigenvalue weighted by atomic mass is 35.8. The third kappa shape index (κ3) is 12.4. The van der Waals surface area contributed by atoms with Gasteiger partial charge in [0.2, 0.25) is 0 Å². The predicted octanol–water partition coefficient (Wildman–Crippen LogP) is 5.95. The van der Waals surface area contributed by atoms with Crippen molar-refractivity contribution in [2.24, 2.45) is 0 Å². The summed E-state index contributed by atoms with van der Waals surface area (Å²) in [4.78, 5) is 7.92. The van der Waals surface area contributed by atoms with E-state index in [1.807, 2.05) is 45.0 Å². The molecule has 0 unspecified atom stereocenters. The zero-order valence-corrected chi connectivity index (χ0v) is 22.1. The molecule has 2 aromatic heterocycles. The number of aromatic nitrogens is 2. The summed E-state index contributed by atoms with van der Waals surface area (Å²) in [6.07, 6.45) is 8.83. The monoisotopic (exact) mass is 508 g/mol. The van der Waals surface area contributed by atoms with E-state index in [-0.39, 0.29) is 0 Å². The number of pyridine rings is 2. The molecule has 10 heteroatoms. The van der Waals surface area contributed by atoms with Gasteiger partial charge in [-0.2, -0.15) is 0 Å². The minimum absolute atomic E-state index is 0.628. The first-order valence-electron chi connectivity index (χ1n) is 10.1. The molecule has 30 heavy (non-hydrogen) atoms. The predicted molar refractivity (Wildman–Crippen MR) is 129 cm³/mol. The summed E-state index contributed by atoms with van der Waals surface area (Å²) in [5, 5.41) is 0. The third-order valence-electron chi connectivity index (χ3n) is 4.01. The van der Waals surface area contributed by atoms with Crippen LogP contribution in [0, 0.1) is 0 Å². The molecule has 2 heterocycles. The molecule has 0 atom stereocenters. The largest absolute Gasteiger partial charge is 0.501 e. The summed E-state index contributed by atoms with van der Waals surface area (Å²) in [6.45, 7) is 7.82. The van der Waals surface area contributed by atoms with Gasteiger partial charge in [-0.15, -0.1) is 33.2 Å². The molecule has 0 N–H and O–H groups in total. The van der Waals surface area contributed by atoms with Crippen molar-refractivity contribution in [2.75, 3.05) is 19.8 Å². The van der Waals surface area contributed by atoms with Crippen molar-refractivity contribution >= 4 is 48.0 Å². The Morgan fingerprint density at radius 1 is 0.667 bits per heavy atom. The quantitative estimate of drug-likeness (QED) is 0.261. The average Bonchev–Trinajstić information content (AvgIpc) is 2.73. The molecule has 2 aromatic rings. The highest BCUT2D eigenvalue weighted by Gasteiger charge is 2.39. The molecule has 0 amide bonds. The van der Waals surface area contributed by atoms with E-state index in [9.17, 15) is 0 Å². The minimum Gasteiger partial charge on any atom is -0.374 e. The van der Waals surface area contributed by atoms with E-state index in [0.717, 1.165) is 18.9 Å². The topological polar surface area (TPSA) is 53.5 Å². The molecule has 2 rings (SSSR count). The molecular weight excluding hydrogens is 479 g/mol. The normalized spacial score (nSPS) is 11.7. The van der Waals surface area contributed by atoms with Crippen molar-refractivity contribution in [2.45, 2.75) is 45.7 Å². The second kappa shape index (κ2) is 15.3. The van der Waals surface area contributed by atoms with Gasteiger partial charge in [-0.25, -0.2) is 0 Å². The number of nitrogens with zero attached hydrogens (tertiary/aromatic N) is 2. The highest BCUT2D eigenvalue weighted by Crippen LogP contribution is 2.26. The maximum atomic E-state index is 5.81. The van der Waals surface area contributed by atoms with Gasteiger partial charge < -0.3 is 13.3 Å². The molecule has 0 aromatic carbocycles. The highest BCUT2D eigenvalue weighted by molar-refractivity contribution is 7.64. The van der Waals surface area contributed by atoms with Crippen LogP contribution in [0.5, 0.6) is 0 Å². The fraction of sp³-hybridized carbons (Fsp3) is 0.500. The molecule has 0 saturated carbocycles. The van der Waals surface area contributed by atoms with Crippen molar-refractivity contribution < 1.29 is 13.3 Å². The van der Waals surface area contributed by atoms with E-state index in [4.69, 9.17) is 46.5 Å². The van der Waals surface area contributed by atoms with Crippen LogP contribution in [-0.4, -0.2) is 44.6 Å². The van der Waals surface area contributed by atoms with Crippen LogP contribution in [-0.2, 0) is 26.1 Å². The zero-order valence-electron chi connectivity index (χ0n) is 17.8. The van der Waals surface area contributed by atoms with Crippen LogP contribution in [0.3, 0.4) is 0 Å². The Labute approximate surface area is 196 Å². The van der Waals surface area contributed by atoms with Gasteiger partial charge >= 0.3 is 14.8 Å². The summed E-state index contributed by atoms with van der Waals surface area (Å²) >= 11 is 17.2. The fourth-order valence-electron chi connectivity index (χ4n) is 2.68. The number of halogens is 3. The van der Waals surface area contributed by atoms with E-state index in [2.05, 4.69) is 9.97 Å². The molecule has 0 aliphatic rings. The molecule has 0 saturated heterocycles. The summed E-state index contributed by atoms with van der Waals surface area (Å²) < 4.78 is 17.4. The molecule has 0 radical (unpaired) electrons. The SMILES string of the molecule is CCO[Si](CCc1ccncc1)(OCC)OCC.Cl[Si](Cl)(Cl)CCc1ccncc1. The van der Waals surface area contributed by atoms with Crippen molar-refractivity contribution in [1.82, 2.24) is 9.97 Å². The summed E-state index contributed by atoms with van der Waals surface area (Å²) in [5.74, 6) is 0. The van der Waals surface area contributed by atoms with Crippen molar-refractivity contribution in [1.29, 1.82) is 0 Å². The first kappa shape index (κ1) is 27.5. The van der Waals surface area contributed by atoms with Gasteiger partial charge in [0, 0.05) is 50.7 Å². The van der Waals surface area contributed by atoms with E-state index < -0.39 is 14.8 Å². The Morgan fingerprint density at radius 2 is 1.03 bits per heavy atom. The van der Waals surface area contributed by atoms with Gasteiger partial charge in [0.25, 0.3) is 0 Å². The molecule has 0 fully saturated rings. The first-order chi connectivity index (χ1) is 14.3. The van der Waals surface area contributed by atoms with Gasteiger partial charge in [0.1, 0.15) is 0 Å². The maximum absolute atomic E-state index is 5.81. The number of rotatable bonds is 12. The first-order valence-corrected chi connectivity index (χ1v) is 17.3. The lowest BCUT2D eigenvalue weighted by Gasteiger charge is -2.28. The third-order valence-corrected chi connectivity index (χ3v) is 9.57. The van der Waals surface area contributed by atoms with Crippen LogP contribution >= 0.6 is 33.2 Å². The molecule has 0 aliphatic heterocycles. The molecule has 0 spiro atoms. The van der Waals surface area contributed by atoms with E-state index >= 15 is 0 Å². The van der Waals surface area contributed by atoms with Crippen LogP contribution in [0.4, 0.5) is 0 Å². The van der Waals surface area contributed by atoms with Crippen molar-refractivity contribution in [3.63, 3.8) is 0 Å². The van der Waals surface area contributed by atoms with Crippen molar-refractivity contribution in [3.05, 3.63) is 60.2 Å². The molecule has 0 bridgehead atoms. The Bertz CT molecular complexity index is 663.